The smallest absolute Gasteiger partial charge is 0.248 e. The van der Waals surface area contributed by atoms with E-state index >= 15 is 0 Å². The first-order chi connectivity index (χ1) is 9.43. The molecule has 112 valence electrons. The number of hydrogen-bond donors (Lipinski definition) is 1. The van der Waals surface area contributed by atoms with E-state index in [0.717, 1.165) is 12.1 Å². The molecule has 0 bridgehead atoms. The SMILES string of the molecule is CCNC(c1ccc(C)c(F)c1)C1CCC(F)(F)CC1. The highest BCUT2D eigenvalue weighted by atomic mass is 19.3. The average molecular weight is 285 g/mol. The van der Waals surface area contributed by atoms with Crippen molar-refractivity contribution in [2.75, 3.05) is 6.54 Å². The van der Waals surface area contributed by atoms with Gasteiger partial charge in [0.25, 0.3) is 0 Å². The van der Waals surface area contributed by atoms with Crippen LogP contribution in [0.25, 0.3) is 0 Å². The zero-order chi connectivity index (χ0) is 14.8. The van der Waals surface area contributed by atoms with E-state index in [-0.39, 0.29) is 30.6 Å². The van der Waals surface area contributed by atoms with Crippen LogP contribution in [-0.4, -0.2) is 12.5 Å². The molecule has 1 aliphatic carbocycles. The van der Waals surface area contributed by atoms with Gasteiger partial charge >= 0.3 is 0 Å². The van der Waals surface area contributed by atoms with Gasteiger partial charge in [-0.05, 0) is 49.4 Å². The molecule has 0 saturated heterocycles. The second-order valence-corrected chi connectivity index (χ2v) is 5.74. The fourth-order valence-electron chi connectivity index (χ4n) is 2.97. The van der Waals surface area contributed by atoms with Crippen molar-refractivity contribution in [3.05, 3.63) is 35.1 Å². The highest BCUT2D eigenvalue weighted by Crippen LogP contribution is 2.41. The summed E-state index contributed by atoms with van der Waals surface area (Å²) in [6.07, 6.45) is 0.849. The monoisotopic (exact) mass is 285 g/mol. The van der Waals surface area contributed by atoms with Crippen LogP contribution < -0.4 is 5.32 Å². The van der Waals surface area contributed by atoms with Crippen LogP contribution in [0.5, 0.6) is 0 Å². The third-order valence-corrected chi connectivity index (χ3v) is 4.21. The van der Waals surface area contributed by atoms with Crippen molar-refractivity contribution in [2.24, 2.45) is 5.92 Å². The van der Waals surface area contributed by atoms with E-state index in [1.807, 2.05) is 13.0 Å². The van der Waals surface area contributed by atoms with Crippen LogP contribution >= 0.6 is 0 Å². The fraction of sp³-hybridized carbons (Fsp3) is 0.625. The fourth-order valence-corrected chi connectivity index (χ4v) is 2.97. The lowest BCUT2D eigenvalue weighted by molar-refractivity contribution is -0.0497. The summed E-state index contributed by atoms with van der Waals surface area (Å²) in [6.45, 7) is 4.45. The molecule has 1 saturated carbocycles. The molecule has 1 aromatic carbocycles. The molecular formula is C16H22F3N. The predicted molar refractivity (Wildman–Crippen MR) is 74.5 cm³/mol. The number of rotatable bonds is 4. The minimum atomic E-state index is -2.52. The topological polar surface area (TPSA) is 12.0 Å². The van der Waals surface area contributed by atoms with Crippen molar-refractivity contribution in [1.82, 2.24) is 5.32 Å². The molecule has 1 fully saturated rings. The Hall–Kier alpha value is -1.03. The van der Waals surface area contributed by atoms with Crippen molar-refractivity contribution in [3.8, 4) is 0 Å². The molecule has 1 atom stereocenters. The zero-order valence-corrected chi connectivity index (χ0v) is 12.1. The highest BCUT2D eigenvalue weighted by Gasteiger charge is 2.37. The van der Waals surface area contributed by atoms with E-state index in [4.69, 9.17) is 0 Å². The molecule has 1 aromatic rings. The summed E-state index contributed by atoms with van der Waals surface area (Å²) in [4.78, 5) is 0. The van der Waals surface area contributed by atoms with E-state index in [9.17, 15) is 13.2 Å². The van der Waals surface area contributed by atoms with Gasteiger partial charge in [0.2, 0.25) is 5.92 Å². The number of alkyl halides is 2. The van der Waals surface area contributed by atoms with Crippen LogP contribution in [0.2, 0.25) is 0 Å². The summed E-state index contributed by atoms with van der Waals surface area (Å²) in [7, 11) is 0. The Bertz CT molecular complexity index is 449. The Balaban J connectivity index is 2.16. The van der Waals surface area contributed by atoms with Crippen molar-refractivity contribution in [2.45, 2.75) is 51.5 Å². The Labute approximate surface area is 118 Å². The minimum Gasteiger partial charge on any atom is -0.310 e. The van der Waals surface area contributed by atoms with Crippen molar-refractivity contribution in [1.29, 1.82) is 0 Å². The number of halogens is 3. The summed E-state index contributed by atoms with van der Waals surface area (Å²) < 4.78 is 40.3. The molecule has 1 nitrogen and oxygen atoms in total. The highest BCUT2D eigenvalue weighted by molar-refractivity contribution is 5.26. The summed E-state index contributed by atoms with van der Waals surface area (Å²) in [5.41, 5.74) is 1.48. The molecule has 2 rings (SSSR count). The Kier molecular flexibility index (Phi) is 4.74. The maximum Gasteiger partial charge on any atom is 0.248 e. The van der Waals surface area contributed by atoms with Gasteiger partial charge in [-0.1, -0.05) is 19.1 Å². The van der Waals surface area contributed by atoms with E-state index in [0.29, 0.717) is 18.4 Å². The molecule has 0 amide bonds. The number of benzene rings is 1. The van der Waals surface area contributed by atoms with E-state index in [1.165, 1.54) is 6.07 Å². The van der Waals surface area contributed by atoms with Gasteiger partial charge in [0.1, 0.15) is 5.82 Å². The Morgan fingerprint density at radius 2 is 1.95 bits per heavy atom. The normalized spacial score (nSPS) is 20.9. The van der Waals surface area contributed by atoms with Gasteiger partial charge in [0.15, 0.2) is 0 Å². The first-order valence-electron chi connectivity index (χ1n) is 7.30. The molecule has 0 spiro atoms. The van der Waals surface area contributed by atoms with Gasteiger partial charge in [-0.2, -0.15) is 0 Å². The first-order valence-corrected chi connectivity index (χ1v) is 7.30. The molecule has 0 aromatic heterocycles. The van der Waals surface area contributed by atoms with Crippen LogP contribution in [0.1, 0.15) is 49.8 Å². The van der Waals surface area contributed by atoms with Crippen molar-refractivity contribution < 1.29 is 13.2 Å². The maximum atomic E-state index is 13.7. The van der Waals surface area contributed by atoms with Crippen LogP contribution in [0.3, 0.4) is 0 Å². The number of aryl methyl sites for hydroxylation is 1. The summed E-state index contributed by atoms with van der Waals surface area (Å²) in [5, 5.41) is 3.33. The molecule has 0 aliphatic heterocycles. The first kappa shape index (κ1) is 15.4. The van der Waals surface area contributed by atoms with Gasteiger partial charge in [0, 0.05) is 18.9 Å². The van der Waals surface area contributed by atoms with Crippen molar-refractivity contribution in [3.63, 3.8) is 0 Å². The molecule has 4 heteroatoms. The average Bonchev–Trinajstić information content (AvgIpc) is 2.40. The molecule has 1 N–H and O–H groups in total. The van der Waals surface area contributed by atoms with Gasteiger partial charge in [-0.25, -0.2) is 13.2 Å². The third kappa shape index (κ3) is 3.54. The van der Waals surface area contributed by atoms with E-state index < -0.39 is 5.92 Å². The van der Waals surface area contributed by atoms with E-state index in [1.54, 1.807) is 13.0 Å². The van der Waals surface area contributed by atoms with Crippen LogP contribution in [0.15, 0.2) is 18.2 Å². The Morgan fingerprint density at radius 1 is 1.30 bits per heavy atom. The van der Waals surface area contributed by atoms with E-state index in [2.05, 4.69) is 5.32 Å². The Morgan fingerprint density at radius 3 is 2.50 bits per heavy atom. The van der Waals surface area contributed by atoms with Crippen LogP contribution in [-0.2, 0) is 0 Å². The van der Waals surface area contributed by atoms with Crippen molar-refractivity contribution >= 4 is 0 Å². The zero-order valence-electron chi connectivity index (χ0n) is 12.1. The van der Waals surface area contributed by atoms with Crippen LogP contribution in [0.4, 0.5) is 13.2 Å². The molecule has 20 heavy (non-hydrogen) atoms. The third-order valence-electron chi connectivity index (χ3n) is 4.21. The van der Waals surface area contributed by atoms with Gasteiger partial charge < -0.3 is 5.32 Å². The lowest BCUT2D eigenvalue weighted by atomic mass is 9.79. The molecule has 0 heterocycles. The molecule has 1 aliphatic rings. The van der Waals surface area contributed by atoms with Gasteiger partial charge in [0.05, 0.1) is 0 Å². The van der Waals surface area contributed by atoms with Gasteiger partial charge in [-0.15, -0.1) is 0 Å². The number of hydrogen-bond acceptors (Lipinski definition) is 1. The lowest BCUT2D eigenvalue weighted by Gasteiger charge is -2.34. The maximum absolute atomic E-state index is 13.7. The largest absolute Gasteiger partial charge is 0.310 e. The quantitative estimate of drug-likeness (QED) is 0.851. The lowest BCUT2D eigenvalue weighted by Crippen LogP contribution is -2.34. The molecule has 1 unspecified atom stereocenters. The summed E-state index contributed by atoms with van der Waals surface area (Å²) >= 11 is 0. The van der Waals surface area contributed by atoms with Gasteiger partial charge in [-0.3, -0.25) is 0 Å². The summed E-state index contributed by atoms with van der Waals surface area (Å²) in [5.74, 6) is -2.60. The number of nitrogens with one attached hydrogen (secondary N) is 1. The standard InChI is InChI=1S/C16H22F3N/c1-3-20-15(12-6-8-16(18,19)9-7-12)13-5-4-11(2)14(17)10-13/h4-5,10,12,15,20H,3,6-9H2,1-2H3. The summed E-state index contributed by atoms with van der Waals surface area (Å²) in [6, 6.07) is 5.16. The second kappa shape index (κ2) is 6.17. The molecular weight excluding hydrogens is 263 g/mol. The minimum absolute atomic E-state index is 0.0359. The van der Waals surface area contributed by atoms with Crippen LogP contribution in [0, 0.1) is 18.7 Å². The predicted octanol–water partition coefficient (Wildman–Crippen LogP) is 4.61. The molecule has 0 radical (unpaired) electrons. The second-order valence-electron chi connectivity index (χ2n) is 5.74.